The van der Waals surface area contributed by atoms with E-state index >= 15 is 0 Å². The maximum absolute atomic E-state index is 10.7. The van der Waals surface area contributed by atoms with Gasteiger partial charge >= 0.3 is 0 Å². The lowest BCUT2D eigenvalue weighted by atomic mass is 10.2. The molecule has 0 radical (unpaired) electrons. The lowest BCUT2D eigenvalue weighted by molar-refractivity contribution is 0.599. The Morgan fingerprint density at radius 1 is 1.40 bits per heavy atom. The van der Waals surface area contributed by atoms with Crippen LogP contribution in [0.15, 0.2) is 29.2 Å². The van der Waals surface area contributed by atoms with E-state index in [9.17, 15) is 8.42 Å². The standard InChI is InChI=1S/C9H10N2O2S2/c10-7-8-3-1-2-4-9(8)14-5-6-15(11,12)13/h1-4H,5-6H2,(H2,11,12,13). The molecular weight excluding hydrogens is 232 g/mol. The average Bonchev–Trinajstić information content (AvgIpc) is 2.16. The second kappa shape index (κ2) is 5.16. The van der Waals surface area contributed by atoms with Crippen molar-refractivity contribution in [1.82, 2.24) is 0 Å². The quantitative estimate of drug-likeness (QED) is 0.796. The third kappa shape index (κ3) is 4.34. The summed E-state index contributed by atoms with van der Waals surface area (Å²) in [6.45, 7) is 0. The Labute approximate surface area is 93.1 Å². The van der Waals surface area contributed by atoms with Gasteiger partial charge in [0.15, 0.2) is 0 Å². The summed E-state index contributed by atoms with van der Waals surface area (Å²) in [5.41, 5.74) is 0.553. The number of benzene rings is 1. The number of thioether (sulfide) groups is 1. The SMILES string of the molecule is N#Cc1ccccc1SCCS(N)(=O)=O. The Morgan fingerprint density at radius 2 is 2.07 bits per heavy atom. The van der Waals surface area contributed by atoms with Crippen molar-refractivity contribution < 1.29 is 8.42 Å². The number of nitrogens with two attached hydrogens (primary N) is 1. The molecule has 1 aromatic carbocycles. The molecule has 1 aromatic rings. The Morgan fingerprint density at radius 3 is 2.67 bits per heavy atom. The summed E-state index contributed by atoms with van der Waals surface area (Å²) in [6.07, 6.45) is 0. The molecule has 0 spiro atoms. The molecule has 0 aromatic heterocycles. The van der Waals surface area contributed by atoms with E-state index in [1.165, 1.54) is 11.8 Å². The molecule has 6 heteroatoms. The monoisotopic (exact) mass is 242 g/mol. The van der Waals surface area contributed by atoms with Crippen molar-refractivity contribution in [2.24, 2.45) is 5.14 Å². The van der Waals surface area contributed by atoms with Crippen molar-refractivity contribution in [2.45, 2.75) is 4.90 Å². The first-order valence-electron chi connectivity index (χ1n) is 4.15. The third-order valence-corrected chi connectivity index (χ3v) is 3.74. The predicted molar refractivity (Wildman–Crippen MR) is 59.9 cm³/mol. The minimum absolute atomic E-state index is 0.0859. The first-order valence-corrected chi connectivity index (χ1v) is 6.85. The van der Waals surface area contributed by atoms with Crippen LogP contribution in [0.3, 0.4) is 0 Å². The number of nitriles is 1. The smallest absolute Gasteiger partial charge is 0.209 e. The van der Waals surface area contributed by atoms with Crippen molar-refractivity contribution in [3.05, 3.63) is 29.8 Å². The average molecular weight is 242 g/mol. The molecule has 0 unspecified atom stereocenters. The van der Waals surface area contributed by atoms with Gasteiger partial charge in [0.25, 0.3) is 0 Å². The van der Waals surface area contributed by atoms with E-state index in [4.69, 9.17) is 10.4 Å². The molecule has 0 bridgehead atoms. The first kappa shape index (κ1) is 12.0. The van der Waals surface area contributed by atoms with E-state index in [2.05, 4.69) is 0 Å². The van der Waals surface area contributed by atoms with Crippen LogP contribution in [0.25, 0.3) is 0 Å². The van der Waals surface area contributed by atoms with Gasteiger partial charge in [-0.05, 0) is 12.1 Å². The third-order valence-electron chi connectivity index (χ3n) is 1.63. The van der Waals surface area contributed by atoms with Gasteiger partial charge < -0.3 is 0 Å². The number of primary sulfonamides is 1. The van der Waals surface area contributed by atoms with E-state index in [1.807, 2.05) is 6.07 Å². The van der Waals surface area contributed by atoms with Crippen LogP contribution >= 0.6 is 11.8 Å². The fourth-order valence-electron chi connectivity index (χ4n) is 0.953. The largest absolute Gasteiger partial charge is 0.229 e. The zero-order valence-corrected chi connectivity index (χ0v) is 9.51. The highest BCUT2D eigenvalue weighted by molar-refractivity contribution is 8.00. The summed E-state index contributed by atoms with van der Waals surface area (Å²) in [7, 11) is -3.42. The topological polar surface area (TPSA) is 83.9 Å². The van der Waals surface area contributed by atoms with E-state index in [-0.39, 0.29) is 5.75 Å². The molecule has 80 valence electrons. The summed E-state index contributed by atoms with van der Waals surface area (Å²) in [4.78, 5) is 0.781. The van der Waals surface area contributed by atoms with Crippen molar-refractivity contribution in [2.75, 3.05) is 11.5 Å². The normalized spacial score (nSPS) is 10.9. The van der Waals surface area contributed by atoms with Gasteiger partial charge in [0.2, 0.25) is 10.0 Å². The van der Waals surface area contributed by atoms with Crippen molar-refractivity contribution in [3.8, 4) is 6.07 Å². The molecular formula is C9H10N2O2S2. The summed E-state index contributed by atoms with van der Waals surface area (Å²) in [5, 5.41) is 13.6. The minimum atomic E-state index is -3.42. The first-order chi connectivity index (χ1) is 7.03. The van der Waals surface area contributed by atoms with Gasteiger partial charge in [0, 0.05) is 10.6 Å². The van der Waals surface area contributed by atoms with Gasteiger partial charge in [-0.3, -0.25) is 0 Å². The van der Waals surface area contributed by atoms with Crippen LogP contribution in [0.1, 0.15) is 5.56 Å². The predicted octanol–water partition coefficient (Wildman–Crippen LogP) is 0.939. The minimum Gasteiger partial charge on any atom is -0.229 e. The van der Waals surface area contributed by atoms with E-state index in [0.29, 0.717) is 11.3 Å². The van der Waals surface area contributed by atoms with Crippen molar-refractivity contribution >= 4 is 21.8 Å². The van der Waals surface area contributed by atoms with Crippen LogP contribution < -0.4 is 5.14 Å². The zero-order valence-electron chi connectivity index (χ0n) is 7.88. The van der Waals surface area contributed by atoms with Crippen LogP contribution in [0.2, 0.25) is 0 Å². The molecule has 2 N–H and O–H groups in total. The molecule has 0 fully saturated rings. The summed E-state index contributed by atoms with van der Waals surface area (Å²) >= 11 is 1.32. The lowest BCUT2D eigenvalue weighted by Gasteiger charge is -2.02. The van der Waals surface area contributed by atoms with Crippen LogP contribution in [-0.4, -0.2) is 19.9 Å². The second-order valence-corrected chi connectivity index (χ2v) is 5.69. The Balaban J connectivity index is 2.63. The molecule has 1 rings (SSSR count). The molecule has 0 atom stereocenters. The fourth-order valence-corrected chi connectivity index (χ4v) is 2.88. The van der Waals surface area contributed by atoms with Gasteiger partial charge in [-0.1, -0.05) is 12.1 Å². The Hall–Kier alpha value is -1.03. The van der Waals surface area contributed by atoms with Crippen LogP contribution in [-0.2, 0) is 10.0 Å². The van der Waals surface area contributed by atoms with Crippen molar-refractivity contribution in [1.29, 1.82) is 5.26 Å². The number of hydrogen-bond donors (Lipinski definition) is 1. The molecule has 0 heterocycles. The molecule has 0 amide bonds. The van der Waals surface area contributed by atoms with Gasteiger partial charge in [-0.25, -0.2) is 13.6 Å². The van der Waals surface area contributed by atoms with Crippen LogP contribution in [0, 0.1) is 11.3 Å². The van der Waals surface area contributed by atoms with E-state index in [0.717, 1.165) is 4.90 Å². The Bertz CT molecular complexity index is 477. The lowest BCUT2D eigenvalue weighted by Crippen LogP contribution is -2.17. The molecule has 0 aliphatic heterocycles. The highest BCUT2D eigenvalue weighted by atomic mass is 32.2. The second-order valence-electron chi connectivity index (χ2n) is 2.82. The van der Waals surface area contributed by atoms with Gasteiger partial charge in [-0.15, -0.1) is 11.8 Å². The molecule has 4 nitrogen and oxygen atoms in total. The van der Waals surface area contributed by atoms with E-state index < -0.39 is 10.0 Å². The number of rotatable bonds is 4. The highest BCUT2D eigenvalue weighted by Crippen LogP contribution is 2.21. The summed E-state index contributed by atoms with van der Waals surface area (Å²) in [6, 6.07) is 9.09. The fraction of sp³-hybridized carbons (Fsp3) is 0.222. The van der Waals surface area contributed by atoms with Gasteiger partial charge in [0.05, 0.1) is 11.3 Å². The number of sulfonamides is 1. The van der Waals surface area contributed by atoms with Gasteiger partial charge in [0.1, 0.15) is 6.07 Å². The number of nitrogens with zero attached hydrogens (tertiary/aromatic N) is 1. The zero-order chi connectivity index (χ0) is 11.3. The maximum atomic E-state index is 10.7. The molecule has 0 saturated heterocycles. The molecule has 0 aliphatic carbocycles. The molecule has 0 aliphatic rings. The van der Waals surface area contributed by atoms with Crippen LogP contribution in [0.4, 0.5) is 0 Å². The van der Waals surface area contributed by atoms with Crippen LogP contribution in [0.5, 0.6) is 0 Å². The Kier molecular flexibility index (Phi) is 4.15. The summed E-state index contributed by atoms with van der Waals surface area (Å²) in [5.74, 6) is 0.273. The van der Waals surface area contributed by atoms with Gasteiger partial charge in [-0.2, -0.15) is 5.26 Å². The van der Waals surface area contributed by atoms with E-state index in [1.54, 1.807) is 24.3 Å². The molecule has 0 saturated carbocycles. The molecule has 15 heavy (non-hydrogen) atoms. The number of hydrogen-bond acceptors (Lipinski definition) is 4. The van der Waals surface area contributed by atoms with Crippen molar-refractivity contribution in [3.63, 3.8) is 0 Å². The summed E-state index contributed by atoms with van der Waals surface area (Å²) < 4.78 is 21.4. The highest BCUT2D eigenvalue weighted by Gasteiger charge is 2.05. The maximum Gasteiger partial charge on any atom is 0.209 e.